The van der Waals surface area contributed by atoms with Gasteiger partial charge in [-0.25, -0.2) is 0 Å². The fraction of sp³-hybridized carbons (Fsp3) is 0.667. The Labute approximate surface area is 187 Å². The van der Waals surface area contributed by atoms with Gasteiger partial charge in [0.05, 0.1) is 0 Å². The first-order valence-electron chi connectivity index (χ1n) is 12.0. The monoisotopic (exact) mass is 425 g/mol. The van der Waals surface area contributed by atoms with Crippen LogP contribution in [-0.2, 0) is 4.79 Å². The van der Waals surface area contributed by atoms with E-state index < -0.39 is 0 Å². The van der Waals surface area contributed by atoms with Crippen LogP contribution in [-0.4, -0.2) is 23.9 Å². The fourth-order valence-corrected chi connectivity index (χ4v) is 8.43. The molecule has 0 radical (unpaired) electrons. The van der Waals surface area contributed by atoms with E-state index in [4.69, 9.17) is 11.6 Å². The number of fused-ring (bicyclic) bond motifs is 5. The molecule has 1 saturated heterocycles. The van der Waals surface area contributed by atoms with Crippen molar-refractivity contribution in [3.63, 3.8) is 0 Å². The van der Waals surface area contributed by atoms with Crippen LogP contribution in [0.1, 0.15) is 71.3 Å². The third kappa shape index (κ3) is 2.93. The number of allylic oxidation sites excluding steroid dienone is 1. The largest absolute Gasteiger partial charge is 0.342 e. The minimum Gasteiger partial charge on any atom is -0.342 e. The average molecular weight is 426 g/mol. The van der Waals surface area contributed by atoms with Gasteiger partial charge in [-0.1, -0.05) is 56.2 Å². The number of hydrogen-bond donors (Lipinski definition) is 0. The van der Waals surface area contributed by atoms with E-state index in [1.165, 1.54) is 37.7 Å². The summed E-state index contributed by atoms with van der Waals surface area (Å²) >= 11 is 6.10. The Kier molecular flexibility index (Phi) is 4.89. The zero-order valence-electron chi connectivity index (χ0n) is 19.0. The highest BCUT2D eigenvalue weighted by atomic mass is 35.5. The number of halogens is 1. The van der Waals surface area contributed by atoms with Crippen molar-refractivity contribution in [3.8, 4) is 0 Å². The normalized spacial score (nSPS) is 44.6. The predicted molar refractivity (Wildman–Crippen MR) is 124 cm³/mol. The predicted octanol–water partition coefficient (Wildman–Crippen LogP) is 6.83. The Balaban J connectivity index is 1.47. The molecule has 1 aliphatic heterocycles. The molecule has 1 aromatic rings. The second-order valence-corrected chi connectivity index (χ2v) is 11.7. The lowest BCUT2D eigenvalue weighted by atomic mass is 9.45. The van der Waals surface area contributed by atoms with Crippen molar-refractivity contribution < 1.29 is 4.79 Å². The number of likely N-dealkylation sites (tertiary alicyclic amines) is 1. The van der Waals surface area contributed by atoms with Crippen LogP contribution in [0.4, 0.5) is 0 Å². The van der Waals surface area contributed by atoms with Crippen LogP contribution >= 0.6 is 11.6 Å². The van der Waals surface area contributed by atoms with E-state index in [1.807, 2.05) is 12.1 Å². The molecule has 2 unspecified atom stereocenters. The van der Waals surface area contributed by atoms with Crippen molar-refractivity contribution in [2.45, 2.75) is 71.8 Å². The van der Waals surface area contributed by atoms with Crippen LogP contribution in [0.15, 0.2) is 29.8 Å². The van der Waals surface area contributed by atoms with E-state index in [0.717, 1.165) is 35.6 Å². The number of carbonyl (C=O) groups is 1. The quantitative estimate of drug-likeness (QED) is 0.482. The molecule has 0 spiro atoms. The maximum Gasteiger partial charge on any atom is 0.222 e. The number of benzene rings is 1. The smallest absolute Gasteiger partial charge is 0.222 e. The standard InChI is InChI=1S/C27H36ClNO/c1-17-15-23-27(3,14-12-24(30)29(23)4)22-11-13-26(2)19(7-10-21(26)25(17)22)16-18-5-8-20(28)9-6-18/h5-6,8-9,16-17,21-23,25H,7,10-15H2,1-4H3/t17?,21-,22+,23?,25-,26+,27+/m0/s1. The first kappa shape index (κ1) is 20.6. The van der Waals surface area contributed by atoms with Gasteiger partial charge in [0, 0.05) is 24.5 Å². The van der Waals surface area contributed by atoms with Crippen molar-refractivity contribution >= 4 is 23.6 Å². The molecule has 1 heterocycles. The summed E-state index contributed by atoms with van der Waals surface area (Å²) in [6.45, 7) is 7.56. The van der Waals surface area contributed by atoms with Crippen molar-refractivity contribution in [2.24, 2.45) is 34.5 Å². The molecule has 1 aromatic carbocycles. The molecule has 5 rings (SSSR count). The number of amides is 1. The number of rotatable bonds is 1. The van der Waals surface area contributed by atoms with Crippen LogP contribution in [0.2, 0.25) is 5.02 Å². The van der Waals surface area contributed by atoms with Gasteiger partial charge in [-0.15, -0.1) is 0 Å². The Morgan fingerprint density at radius 3 is 2.53 bits per heavy atom. The number of hydrogen-bond acceptors (Lipinski definition) is 1. The minimum atomic E-state index is 0.295. The van der Waals surface area contributed by atoms with Crippen molar-refractivity contribution in [3.05, 3.63) is 40.4 Å². The summed E-state index contributed by atoms with van der Waals surface area (Å²) in [5, 5.41) is 0.808. The van der Waals surface area contributed by atoms with E-state index in [-0.39, 0.29) is 0 Å². The Morgan fingerprint density at radius 2 is 1.80 bits per heavy atom. The van der Waals surface area contributed by atoms with Gasteiger partial charge >= 0.3 is 0 Å². The van der Waals surface area contributed by atoms with E-state index in [1.54, 1.807) is 5.57 Å². The maximum atomic E-state index is 12.4. The van der Waals surface area contributed by atoms with Crippen molar-refractivity contribution in [2.75, 3.05) is 7.05 Å². The van der Waals surface area contributed by atoms with Crippen LogP contribution < -0.4 is 0 Å². The third-order valence-electron chi connectivity index (χ3n) is 9.99. The molecule has 3 saturated carbocycles. The lowest BCUT2D eigenvalue weighted by molar-refractivity contribution is -0.163. The molecule has 4 aliphatic rings. The average Bonchev–Trinajstić information content (AvgIpc) is 3.05. The molecule has 0 aromatic heterocycles. The molecule has 4 fully saturated rings. The first-order chi connectivity index (χ1) is 14.2. The van der Waals surface area contributed by atoms with Gasteiger partial charge < -0.3 is 4.90 Å². The Hall–Kier alpha value is -1.28. The SMILES string of the molecule is CC1CC2N(C)C(=O)CC[C@]2(C)[C@@H]2CC[C@]3(C)C(=Cc4ccc(Cl)cc4)CC[C@H]3[C@H]12. The molecular weight excluding hydrogens is 390 g/mol. The van der Waals surface area contributed by atoms with E-state index >= 15 is 0 Å². The topological polar surface area (TPSA) is 20.3 Å². The summed E-state index contributed by atoms with van der Waals surface area (Å²) < 4.78 is 0. The summed E-state index contributed by atoms with van der Waals surface area (Å²) in [6, 6.07) is 8.75. The summed E-state index contributed by atoms with van der Waals surface area (Å²) in [5.74, 6) is 3.39. The first-order valence-corrected chi connectivity index (χ1v) is 12.3. The van der Waals surface area contributed by atoms with Gasteiger partial charge in [0.2, 0.25) is 5.91 Å². The van der Waals surface area contributed by atoms with E-state index in [2.05, 4.69) is 50.9 Å². The fourth-order valence-electron chi connectivity index (χ4n) is 8.31. The molecule has 30 heavy (non-hydrogen) atoms. The van der Waals surface area contributed by atoms with Gasteiger partial charge in [-0.3, -0.25) is 4.79 Å². The molecule has 7 atom stereocenters. The van der Waals surface area contributed by atoms with Crippen molar-refractivity contribution in [1.29, 1.82) is 0 Å². The van der Waals surface area contributed by atoms with Gasteiger partial charge in [0.25, 0.3) is 0 Å². The molecule has 3 heteroatoms. The summed E-state index contributed by atoms with van der Waals surface area (Å²) in [5.41, 5.74) is 3.57. The Bertz CT molecular complexity index is 875. The van der Waals surface area contributed by atoms with Gasteiger partial charge in [0.15, 0.2) is 0 Å². The van der Waals surface area contributed by atoms with Crippen LogP contribution in [0.25, 0.3) is 6.08 Å². The van der Waals surface area contributed by atoms with Crippen LogP contribution in [0.3, 0.4) is 0 Å². The lowest BCUT2D eigenvalue weighted by Crippen LogP contribution is -2.63. The molecule has 3 aliphatic carbocycles. The number of piperidine rings is 1. The van der Waals surface area contributed by atoms with Crippen LogP contribution in [0, 0.1) is 34.5 Å². The number of nitrogens with zero attached hydrogens (tertiary/aromatic N) is 1. The molecular formula is C27H36ClNO. The van der Waals surface area contributed by atoms with Gasteiger partial charge in [-0.05, 0) is 90.7 Å². The lowest BCUT2D eigenvalue weighted by Gasteiger charge is -2.63. The summed E-state index contributed by atoms with van der Waals surface area (Å²) in [6.07, 6.45) is 10.6. The van der Waals surface area contributed by atoms with Gasteiger partial charge in [-0.2, -0.15) is 0 Å². The van der Waals surface area contributed by atoms with Crippen LogP contribution in [0.5, 0.6) is 0 Å². The molecule has 2 nitrogen and oxygen atoms in total. The third-order valence-corrected chi connectivity index (χ3v) is 10.2. The minimum absolute atomic E-state index is 0.295. The zero-order valence-corrected chi connectivity index (χ0v) is 19.7. The molecule has 0 bridgehead atoms. The van der Waals surface area contributed by atoms with Crippen molar-refractivity contribution in [1.82, 2.24) is 4.90 Å². The highest BCUT2D eigenvalue weighted by Crippen LogP contribution is 2.67. The van der Waals surface area contributed by atoms with Gasteiger partial charge in [0.1, 0.15) is 0 Å². The maximum absolute atomic E-state index is 12.4. The molecule has 0 N–H and O–H groups in total. The second-order valence-electron chi connectivity index (χ2n) is 11.2. The highest BCUT2D eigenvalue weighted by molar-refractivity contribution is 6.30. The zero-order chi connectivity index (χ0) is 21.3. The molecule has 1 amide bonds. The highest BCUT2D eigenvalue weighted by Gasteiger charge is 2.61. The number of carbonyl (C=O) groups excluding carboxylic acids is 1. The summed E-state index contributed by atoms with van der Waals surface area (Å²) in [4.78, 5) is 14.6. The Morgan fingerprint density at radius 1 is 1.07 bits per heavy atom. The molecule has 162 valence electrons. The van der Waals surface area contributed by atoms with E-state index in [9.17, 15) is 4.79 Å². The summed E-state index contributed by atoms with van der Waals surface area (Å²) in [7, 11) is 2.06. The van der Waals surface area contributed by atoms with E-state index in [0.29, 0.717) is 28.7 Å². The second kappa shape index (κ2) is 7.12.